The maximum atomic E-state index is 6.05. The standard InChI is InChI=1S/C17H26N2O/c1-12(2)19-8-3-4-15(11-18)17(19)14-5-6-16-13(10-14)7-9-20-16/h5-6,10,12,15,17H,3-4,7-9,11,18H2,1-2H3. The Morgan fingerprint density at radius 1 is 1.40 bits per heavy atom. The average Bonchev–Trinajstić information content (AvgIpc) is 2.93. The van der Waals surface area contributed by atoms with E-state index in [1.807, 2.05) is 0 Å². The maximum absolute atomic E-state index is 6.05. The van der Waals surface area contributed by atoms with Gasteiger partial charge < -0.3 is 10.5 Å². The van der Waals surface area contributed by atoms with Gasteiger partial charge in [0.25, 0.3) is 0 Å². The van der Waals surface area contributed by atoms with Crippen molar-refractivity contribution < 1.29 is 4.74 Å². The lowest BCUT2D eigenvalue weighted by molar-refractivity contribution is 0.0665. The van der Waals surface area contributed by atoms with Crippen molar-refractivity contribution in [2.45, 2.75) is 45.2 Å². The van der Waals surface area contributed by atoms with Gasteiger partial charge in [-0.2, -0.15) is 0 Å². The molecule has 0 aromatic heterocycles. The second-order valence-corrected chi connectivity index (χ2v) is 6.38. The maximum Gasteiger partial charge on any atom is 0.122 e. The molecule has 2 atom stereocenters. The van der Waals surface area contributed by atoms with Gasteiger partial charge in [-0.3, -0.25) is 4.90 Å². The lowest BCUT2D eigenvalue weighted by atomic mass is 9.83. The molecule has 0 radical (unpaired) electrons. The van der Waals surface area contributed by atoms with Crippen LogP contribution in [0.1, 0.15) is 43.9 Å². The Morgan fingerprint density at radius 3 is 3.00 bits per heavy atom. The van der Waals surface area contributed by atoms with Gasteiger partial charge in [-0.1, -0.05) is 12.1 Å². The van der Waals surface area contributed by atoms with E-state index in [2.05, 4.69) is 36.9 Å². The van der Waals surface area contributed by atoms with Gasteiger partial charge in [0, 0.05) is 18.5 Å². The molecular weight excluding hydrogens is 248 g/mol. The SMILES string of the molecule is CC(C)N1CCCC(CN)C1c1ccc2c(c1)CCO2. The van der Waals surface area contributed by atoms with Crippen molar-refractivity contribution in [1.29, 1.82) is 0 Å². The molecule has 0 amide bonds. The first kappa shape index (κ1) is 13.9. The van der Waals surface area contributed by atoms with E-state index in [0.717, 1.165) is 25.3 Å². The highest BCUT2D eigenvalue weighted by atomic mass is 16.5. The topological polar surface area (TPSA) is 38.5 Å². The van der Waals surface area contributed by atoms with Crippen LogP contribution in [0.3, 0.4) is 0 Å². The molecule has 0 aliphatic carbocycles. The highest BCUT2D eigenvalue weighted by Crippen LogP contribution is 2.39. The van der Waals surface area contributed by atoms with Crippen LogP contribution in [0.2, 0.25) is 0 Å². The van der Waals surface area contributed by atoms with Crippen molar-refractivity contribution in [2.24, 2.45) is 11.7 Å². The molecular formula is C17H26N2O. The molecule has 2 aliphatic heterocycles. The van der Waals surface area contributed by atoms with Crippen LogP contribution in [0, 0.1) is 5.92 Å². The van der Waals surface area contributed by atoms with Crippen LogP contribution in [0.4, 0.5) is 0 Å². The molecule has 1 aromatic carbocycles. The van der Waals surface area contributed by atoms with Crippen molar-refractivity contribution in [2.75, 3.05) is 19.7 Å². The van der Waals surface area contributed by atoms with Gasteiger partial charge in [0.15, 0.2) is 0 Å². The van der Waals surface area contributed by atoms with Gasteiger partial charge in [0.05, 0.1) is 6.61 Å². The van der Waals surface area contributed by atoms with Gasteiger partial charge in [-0.25, -0.2) is 0 Å². The van der Waals surface area contributed by atoms with Gasteiger partial charge in [0.2, 0.25) is 0 Å². The third kappa shape index (κ3) is 2.45. The Balaban J connectivity index is 1.94. The number of nitrogens with zero attached hydrogens (tertiary/aromatic N) is 1. The van der Waals surface area contributed by atoms with E-state index in [-0.39, 0.29) is 0 Å². The zero-order valence-corrected chi connectivity index (χ0v) is 12.6. The van der Waals surface area contributed by atoms with Crippen LogP contribution in [0.25, 0.3) is 0 Å². The van der Waals surface area contributed by atoms with Crippen LogP contribution in [0.5, 0.6) is 5.75 Å². The molecule has 0 spiro atoms. The monoisotopic (exact) mass is 274 g/mol. The van der Waals surface area contributed by atoms with Crippen LogP contribution >= 0.6 is 0 Å². The molecule has 0 bridgehead atoms. The zero-order chi connectivity index (χ0) is 14.1. The van der Waals surface area contributed by atoms with E-state index in [1.54, 1.807) is 0 Å². The smallest absolute Gasteiger partial charge is 0.122 e. The number of piperidine rings is 1. The number of nitrogens with two attached hydrogens (primary N) is 1. The first-order valence-electron chi connectivity index (χ1n) is 7.92. The molecule has 2 aliphatic rings. The lowest BCUT2D eigenvalue weighted by Gasteiger charge is -2.43. The fraction of sp³-hybridized carbons (Fsp3) is 0.647. The highest BCUT2D eigenvalue weighted by molar-refractivity contribution is 5.41. The summed E-state index contributed by atoms with van der Waals surface area (Å²) in [6, 6.07) is 7.80. The minimum atomic E-state index is 0.472. The lowest BCUT2D eigenvalue weighted by Crippen LogP contribution is -2.45. The first-order valence-corrected chi connectivity index (χ1v) is 7.92. The molecule has 1 saturated heterocycles. The number of fused-ring (bicyclic) bond motifs is 1. The molecule has 2 heterocycles. The Kier molecular flexibility index (Phi) is 3.99. The van der Waals surface area contributed by atoms with Crippen molar-refractivity contribution in [3.63, 3.8) is 0 Å². The van der Waals surface area contributed by atoms with Crippen LogP contribution in [0.15, 0.2) is 18.2 Å². The van der Waals surface area contributed by atoms with Gasteiger partial charge in [-0.05, 0) is 62.9 Å². The molecule has 0 saturated carbocycles. The summed E-state index contributed by atoms with van der Waals surface area (Å²) in [5.41, 5.74) is 8.85. The number of ether oxygens (including phenoxy) is 1. The molecule has 1 aromatic rings. The fourth-order valence-corrected chi connectivity index (χ4v) is 3.78. The van der Waals surface area contributed by atoms with E-state index in [9.17, 15) is 0 Å². The summed E-state index contributed by atoms with van der Waals surface area (Å²) in [6.45, 7) is 7.39. The third-order valence-corrected chi connectivity index (χ3v) is 4.82. The Labute approximate surface area is 122 Å². The molecule has 3 nitrogen and oxygen atoms in total. The number of likely N-dealkylation sites (tertiary alicyclic amines) is 1. The van der Waals surface area contributed by atoms with E-state index in [1.165, 1.54) is 30.5 Å². The minimum absolute atomic E-state index is 0.472. The van der Waals surface area contributed by atoms with E-state index >= 15 is 0 Å². The minimum Gasteiger partial charge on any atom is -0.493 e. The zero-order valence-electron chi connectivity index (χ0n) is 12.6. The molecule has 1 fully saturated rings. The largest absolute Gasteiger partial charge is 0.493 e. The Hall–Kier alpha value is -1.06. The molecule has 110 valence electrons. The predicted octanol–water partition coefficient (Wildman–Crippen LogP) is 2.74. The normalized spacial score (nSPS) is 26.6. The summed E-state index contributed by atoms with van der Waals surface area (Å²) in [5.74, 6) is 1.65. The summed E-state index contributed by atoms with van der Waals surface area (Å²) >= 11 is 0. The summed E-state index contributed by atoms with van der Waals surface area (Å²) < 4.78 is 5.63. The number of hydrogen-bond acceptors (Lipinski definition) is 3. The summed E-state index contributed by atoms with van der Waals surface area (Å²) in [6.07, 6.45) is 3.56. The molecule has 3 heteroatoms. The second kappa shape index (κ2) is 5.74. The molecule has 20 heavy (non-hydrogen) atoms. The van der Waals surface area contributed by atoms with Crippen molar-refractivity contribution >= 4 is 0 Å². The van der Waals surface area contributed by atoms with E-state index in [0.29, 0.717) is 18.0 Å². The predicted molar refractivity (Wildman–Crippen MR) is 82.0 cm³/mol. The first-order chi connectivity index (χ1) is 9.70. The van der Waals surface area contributed by atoms with E-state index in [4.69, 9.17) is 10.5 Å². The molecule has 3 rings (SSSR count). The van der Waals surface area contributed by atoms with Crippen molar-refractivity contribution in [3.8, 4) is 5.75 Å². The number of hydrogen-bond donors (Lipinski definition) is 1. The Morgan fingerprint density at radius 2 is 2.25 bits per heavy atom. The summed E-state index contributed by atoms with van der Waals surface area (Å²) in [4.78, 5) is 2.62. The van der Waals surface area contributed by atoms with E-state index < -0.39 is 0 Å². The molecule has 2 unspecified atom stereocenters. The quantitative estimate of drug-likeness (QED) is 0.921. The molecule has 2 N–H and O–H groups in total. The van der Waals surface area contributed by atoms with Gasteiger partial charge in [-0.15, -0.1) is 0 Å². The number of rotatable bonds is 3. The average molecular weight is 274 g/mol. The summed E-state index contributed by atoms with van der Waals surface area (Å²) in [7, 11) is 0. The summed E-state index contributed by atoms with van der Waals surface area (Å²) in [5, 5.41) is 0. The van der Waals surface area contributed by atoms with Crippen molar-refractivity contribution in [3.05, 3.63) is 29.3 Å². The Bertz CT molecular complexity index is 472. The van der Waals surface area contributed by atoms with Gasteiger partial charge >= 0.3 is 0 Å². The fourth-order valence-electron chi connectivity index (χ4n) is 3.78. The van der Waals surface area contributed by atoms with Crippen LogP contribution < -0.4 is 10.5 Å². The highest BCUT2D eigenvalue weighted by Gasteiger charge is 2.33. The van der Waals surface area contributed by atoms with Crippen molar-refractivity contribution in [1.82, 2.24) is 4.90 Å². The van der Waals surface area contributed by atoms with Gasteiger partial charge in [0.1, 0.15) is 5.75 Å². The van der Waals surface area contributed by atoms with Crippen LogP contribution in [-0.4, -0.2) is 30.6 Å². The number of benzene rings is 1. The third-order valence-electron chi connectivity index (χ3n) is 4.82. The van der Waals surface area contributed by atoms with Crippen LogP contribution in [-0.2, 0) is 6.42 Å². The second-order valence-electron chi connectivity index (χ2n) is 6.38.